The Balaban J connectivity index is 1.65. The molecule has 0 aliphatic heterocycles. The largest absolute Gasteiger partial charge is 0.352 e. The quantitative estimate of drug-likeness (QED) is 0.574. The lowest BCUT2D eigenvalue weighted by atomic mass is 10.2. The van der Waals surface area contributed by atoms with E-state index in [1.165, 1.54) is 37.9 Å². The van der Waals surface area contributed by atoms with Gasteiger partial charge >= 0.3 is 0 Å². The number of nitrogens with one attached hydrogen (secondary N) is 1. The van der Waals surface area contributed by atoms with Gasteiger partial charge in [0.1, 0.15) is 5.01 Å². The summed E-state index contributed by atoms with van der Waals surface area (Å²) >= 11 is 7.68. The predicted molar refractivity (Wildman–Crippen MR) is 121 cm³/mol. The number of carbonyl (C=O) groups excluding carboxylic acids is 1. The van der Waals surface area contributed by atoms with Crippen molar-refractivity contribution in [3.63, 3.8) is 0 Å². The Morgan fingerprint density at radius 2 is 1.87 bits per heavy atom. The van der Waals surface area contributed by atoms with E-state index < -0.39 is 15.9 Å². The van der Waals surface area contributed by atoms with Gasteiger partial charge in [-0.1, -0.05) is 41.4 Å². The van der Waals surface area contributed by atoms with Crippen molar-refractivity contribution >= 4 is 38.9 Å². The first kappa shape index (κ1) is 22.4. The summed E-state index contributed by atoms with van der Waals surface area (Å²) in [7, 11) is -0.788. The fourth-order valence-corrected chi connectivity index (χ4v) is 4.69. The second-order valence-corrected chi connectivity index (χ2v) is 10.4. The zero-order valence-electron chi connectivity index (χ0n) is 16.8. The maximum Gasteiger partial charge on any atom is 0.252 e. The summed E-state index contributed by atoms with van der Waals surface area (Å²) in [5.74, 6) is -0.426. The number of aryl methyl sites for hydroxylation is 1. The molecule has 3 aromatic rings. The van der Waals surface area contributed by atoms with Crippen molar-refractivity contribution in [3.05, 3.63) is 69.7 Å². The monoisotopic (exact) mass is 463 g/mol. The number of aromatic nitrogens is 1. The first-order valence-electron chi connectivity index (χ1n) is 9.20. The Morgan fingerprint density at radius 3 is 2.53 bits per heavy atom. The molecule has 0 spiro atoms. The lowest BCUT2D eigenvalue weighted by Gasteiger charge is -2.13. The summed E-state index contributed by atoms with van der Waals surface area (Å²) in [6.07, 6.45) is 0.557. The first-order chi connectivity index (χ1) is 14.2. The fourth-order valence-electron chi connectivity index (χ4n) is 2.70. The molecular formula is C21H22ClN3O3S2. The minimum atomic E-state index is -3.65. The van der Waals surface area contributed by atoms with Gasteiger partial charge in [-0.3, -0.25) is 4.79 Å². The number of hydrogen-bond acceptors (Lipinski definition) is 5. The topological polar surface area (TPSA) is 79.4 Å². The van der Waals surface area contributed by atoms with Gasteiger partial charge in [-0.15, -0.1) is 11.3 Å². The molecule has 0 radical (unpaired) electrons. The number of halogens is 1. The van der Waals surface area contributed by atoms with Gasteiger partial charge in [0.15, 0.2) is 0 Å². The van der Waals surface area contributed by atoms with E-state index in [1.54, 1.807) is 11.3 Å². The lowest BCUT2D eigenvalue weighted by molar-refractivity contribution is 0.0954. The van der Waals surface area contributed by atoms with Crippen LogP contribution in [0.25, 0.3) is 10.6 Å². The minimum Gasteiger partial charge on any atom is -0.352 e. The predicted octanol–water partition coefficient (Wildman–Crippen LogP) is 3.99. The third-order valence-electron chi connectivity index (χ3n) is 4.48. The number of amides is 1. The first-order valence-corrected chi connectivity index (χ1v) is 11.9. The third-order valence-corrected chi connectivity index (χ3v) is 7.56. The average Bonchev–Trinajstić information content (AvgIpc) is 3.17. The van der Waals surface area contributed by atoms with Crippen LogP contribution in [0.3, 0.4) is 0 Å². The van der Waals surface area contributed by atoms with Gasteiger partial charge in [-0.25, -0.2) is 17.7 Å². The average molecular weight is 464 g/mol. The van der Waals surface area contributed by atoms with Gasteiger partial charge < -0.3 is 5.32 Å². The summed E-state index contributed by atoms with van der Waals surface area (Å²) in [4.78, 5) is 17.2. The van der Waals surface area contributed by atoms with E-state index in [-0.39, 0.29) is 15.5 Å². The van der Waals surface area contributed by atoms with Crippen LogP contribution in [0.2, 0.25) is 5.02 Å². The van der Waals surface area contributed by atoms with Crippen molar-refractivity contribution in [1.82, 2.24) is 14.6 Å². The molecule has 0 saturated carbocycles. The van der Waals surface area contributed by atoms with Crippen molar-refractivity contribution in [2.45, 2.75) is 18.2 Å². The number of sulfonamides is 1. The zero-order chi connectivity index (χ0) is 21.9. The molecule has 3 rings (SSSR count). The van der Waals surface area contributed by atoms with E-state index in [1.807, 2.05) is 36.6 Å². The maximum absolute atomic E-state index is 12.5. The van der Waals surface area contributed by atoms with Crippen LogP contribution in [0.15, 0.2) is 52.7 Å². The van der Waals surface area contributed by atoms with Crippen LogP contribution in [0.1, 0.15) is 21.6 Å². The summed E-state index contributed by atoms with van der Waals surface area (Å²) in [6, 6.07) is 12.3. The van der Waals surface area contributed by atoms with Gasteiger partial charge in [-0.2, -0.15) is 0 Å². The van der Waals surface area contributed by atoms with Crippen molar-refractivity contribution in [3.8, 4) is 10.6 Å². The van der Waals surface area contributed by atoms with Gasteiger partial charge in [-0.05, 0) is 25.1 Å². The number of benzene rings is 2. The van der Waals surface area contributed by atoms with Crippen molar-refractivity contribution in [1.29, 1.82) is 0 Å². The van der Waals surface area contributed by atoms with Crippen molar-refractivity contribution < 1.29 is 13.2 Å². The highest BCUT2D eigenvalue weighted by Gasteiger charge is 2.20. The van der Waals surface area contributed by atoms with Gasteiger partial charge in [0, 0.05) is 38.0 Å². The molecule has 9 heteroatoms. The van der Waals surface area contributed by atoms with E-state index in [0.29, 0.717) is 13.0 Å². The van der Waals surface area contributed by atoms with Crippen LogP contribution in [-0.4, -0.2) is 44.3 Å². The highest BCUT2D eigenvalue weighted by molar-refractivity contribution is 7.89. The number of thiazole rings is 1. The summed E-state index contributed by atoms with van der Waals surface area (Å²) in [5, 5.41) is 5.88. The molecule has 158 valence electrons. The molecule has 1 N–H and O–H groups in total. The number of carbonyl (C=O) groups is 1. The van der Waals surface area contributed by atoms with Gasteiger partial charge in [0.25, 0.3) is 5.91 Å². The Labute approximate surface area is 185 Å². The second-order valence-electron chi connectivity index (χ2n) is 6.95. The molecule has 0 saturated heterocycles. The van der Waals surface area contributed by atoms with Gasteiger partial charge in [0.2, 0.25) is 10.0 Å². The summed E-state index contributed by atoms with van der Waals surface area (Å²) in [5.41, 5.74) is 3.26. The fraction of sp³-hybridized carbons (Fsp3) is 0.238. The number of hydrogen-bond donors (Lipinski definition) is 1. The van der Waals surface area contributed by atoms with Crippen LogP contribution in [-0.2, 0) is 16.4 Å². The molecule has 0 aliphatic rings. The lowest BCUT2D eigenvalue weighted by Crippen LogP contribution is -2.27. The molecule has 2 aromatic carbocycles. The number of nitrogens with zero attached hydrogens (tertiary/aromatic N) is 2. The Morgan fingerprint density at radius 1 is 1.17 bits per heavy atom. The maximum atomic E-state index is 12.5. The highest BCUT2D eigenvalue weighted by atomic mass is 35.5. The molecule has 0 atom stereocenters. The zero-order valence-corrected chi connectivity index (χ0v) is 19.2. The summed E-state index contributed by atoms with van der Waals surface area (Å²) < 4.78 is 25.7. The minimum absolute atomic E-state index is 0.0179. The standard InChI is InChI=1S/C21H22ClN3O3S2/c1-14-4-6-15(7-5-14)21-24-16(13-29-21)10-11-23-20(26)18-12-17(8-9-19(18)22)30(27,28)25(2)3/h4-9,12-13H,10-11H2,1-3H3,(H,23,26). The van der Waals surface area contributed by atoms with E-state index in [4.69, 9.17) is 11.6 Å². The van der Waals surface area contributed by atoms with E-state index >= 15 is 0 Å². The molecule has 6 nitrogen and oxygen atoms in total. The molecule has 1 heterocycles. The molecule has 0 aliphatic carbocycles. The van der Waals surface area contributed by atoms with E-state index in [0.717, 1.165) is 20.6 Å². The Hall–Kier alpha value is -2.26. The SMILES string of the molecule is Cc1ccc(-c2nc(CCNC(=O)c3cc(S(=O)(=O)N(C)C)ccc3Cl)cs2)cc1. The molecule has 0 fully saturated rings. The smallest absolute Gasteiger partial charge is 0.252 e. The number of rotatable bonds is 7. The van der Waals surface area contributed by atoms with Crippen LogP contribution >= 0.6 is 22.9 Å². The second kappa shape index (κ2) is 9.26. The van der Waals surface area contributed by atoms with Crippen LogP contribution < -0.4 is 5.32 Å². The molecule has 30 heavy (non-hydrogen) atoms. The molecule has 1 aromatic heterocycles. The Bertz CT molecular complexity index is 1160. The molecule has 0 bridgehead atoms. The van der Waals surface area contributed by atoms with E-state index in [9.17, 15) is 13.2 Å². The van der Waals surface area contributed by atoms with Crippen molar-refractivity contribution in [2.24, 2.45) is 0 Å². The van der Waals surface area contributed by atoms with Crippen LogP contribution in [0.4, 0.5) is 0 Å². The molecule has 1 amide bonds. The summed E-state index contributed by atoms with van der Waals surface area (Å²) in [6.45, 7) is 2.40. The Kier molecular flexibility index (Phi) is 6.92. The van der Waals surface area contributed by atoms with E-state index in [2.05, 4.69) is 10.3 Å². The van der Waals surface area contributed by atoms with Crippen LogP contribution in [0.5, 0.6) is 0 Å². The van der Waals surface area contributed by atoms with Crippen LogP contribution in [0, 0.1) is 6.92 Å². The van der Waals surface area contributed by atoms with Crippen molar-refractivity contribution in [2.75, 3.05) is 20.6 Å². The van der Waals surface area contributed by atoms with Gasteiger partial charge in [0.05, 0.1) is 21.2 Å². The highest BCUT2D eigenvalue weighted by Crippen LogP contribution is 2.24. The normalized spacial score (nSPS) is 11.6. The molecular weight excluding hydrogens is 442 g/mol. The third kappa shape index (κ3) is 5.07. The molecule has 0 unspecified atom stereocenters.